The fourth-order valence-electron chi connectivity index (χ4n) is 1.58. The maximum Gasteiger partial charge on any atom is 0.293 e. The molecule has 0 bridgehead atoms. The van der Waals surface area contributed by atoms with Crippen LogP contribution in [0.25, 0.3) is 11.3 Å². The molecular weight excluding hydrogens is 264 g/mol. The van der Waals surface area contributed by atoms with Gasteiger partial charge >= 0.3 is 0 Å². The fraction of sp³-hybridized carbons (Fsp3) is 0.0769. The molecule has 0 saturated heterocycles. The first-order valence-corrected chi connectivity index (χ1v) is 5.64. The molecule has 7 heteroatoms. The Labute approximate surface area is 113 Å². The molecule has 0 aliphatic carbocycles. The summed E-state index contributed by atoms with van der Waals surface area (Å²) in [5.41, 5.74) is 0.562. The number of benzene rings is 1. The molecule has 1 aromatic carbocycles. The number of amides is 2. The number of nitrogens with one attached hydrogen (secondary N) is 1. The van der Waals surface area contributed by atoms with E-state index in [1.807, 2.05) is 0 Å². The average molecular weight is 274 g/mol. The van der Waals surface area contributed by atoms with Crippen LogP contribution >= 0.6 is 0 Å². The Balaban J connectivity index is 2.22. The number of furan rings is 1. The Morgan fingerprint density at radius 1 is 1.15 bits per heavy atom. The van der Waals surface area contributed by atoms with Gasteiger partial charge in [-0.25, -0.2) is 0 Å². The number of nitro benzene ring substituents is 1. The maximum atomic E-state index is 11.5. The maximum absolute atomic E-state index is 11.5. The number of carbonyl (C=O) groups is 2. The minimum Gasteiger partial charge on any atom is -0.451 e. The molecule has 0 spiro atoms. The molecule has 0 aliphatic heterocycles. The Morgan fingerprint density at radius 2 is 1.80 bits per heavy atom. The van der Waals surface area contributed by atoms with E-state index >= 15 is 0 Å². The van der Waals surface area contributed by atoms with E-state index in [4.69, 9.17) is 4.42 Å². The van der Waals surface area contributed by atoms with E-state index in [2.05, 4.69) is 5.32 Å². The van der Waals surface area contributed by atoms with Crippen LogP contribution in [0.15, 0.2) is 40.8 Å². The molecule has 0 fully saturated rings. The molecule has 2 aromatic rings. The first-order chi connectivity index (χ1) is 9.47. The number of non-ortho nitro benzene ring substituents is 1. The van der Waals surface area contributed by atoms with Gasteiger partial charge in [0.1, 0.15) is 5.76 Å². The van der Waals surface area contributed by atoms with Crippen molar-refractivity contribution in [2.24, 2.45) is 0 Å². The topological polar surface area (TPSA) is 102 Å². The largest absolute Gasteiger partial charge is 0.451 e. The van der Waals surface area contributed by atoms with E-state index in [0.29, 0.717) is 11.3 Å². The molecule has 1 aromatic heterocycles. The van der Waals surface area contributed by atoms with Crippen LogP contribution in [0.2, 0.25) is 0 Å². The van der Waals surface area contributed by atoms with Crippen LogP contribution in [0.1, 0.15) is 17.5 Å². The van der Waals surface area contributed by atoms with Crippen LogP contribution in [0, 0.1) is 10.1 Å². The van der Waals surface area contributed by atoms with Crippen molar-refractivity contribution >= 4 is 17.5 Å². The second-order valence-corrected chi connectivity index (χ2v) is 3.98. The van der Waals surface area contributed by atoms with Gasteiger partial charge in [0.25, 0.3) is 11.6 Å². The molecule has 2 rings (SSSR count). The van der Waals surface area contributed by atoms with Gasteiger partial charge in [-0.1, -0.05) is 0 Å². The van der Waals surface area contributed by atoms with Gasteiger partial charge in [0.15, 0.2) is 5.76 Å². The fourth-order valence-corrected chi connectivity index (χ4v) is 1.58. The van der Waals surface area contributed by atoms with Crippen molar-refractivity contribution in [3.63, 3.8) is 0 Å². The summed E-state index contributed by atoms with van der Waals surface area (Å²) in [4.78, 5) is 32.3. The van der Waals surface area contributed by atoms with E-state index in [-0.39, 0.29) is 11.4 Å². The summed E-state index contributed by atoms with van der Waals surface area (Å²) in [6, 6.07) is 8.69. The Hall–Kier alpha value is -2.96. The SMILES string of the molecule is CC(=O)NC(=O)c1ccc(-c2ccc([N+](=O)[O-])cc2)o1. The van der Waals surface area contributed by atoms with Crippen molar-refractivity contribution in [1.82, 2.24) is 5.32 Å². The molecule has 1 heterocycles. The van der Waals surface area contributed by atoms with Gasteiger partial charge in [0.2, 0.25) is 5.91 Å². The summed E-state index contributed by atoms with van der Waals surface area (Å²) in [5, 5.41) is 12.6. The highest BCUT2D eigenvalue weighted by atomic mass is 16.6. The van der Waals surface area contributed by atoms with E-state index < -0.39 is 16.7 Å². The van der Waals surface area contributed by atoms with E-state index in [0.717, 1.165) is 0 Å². The first kappa shape index (κ1) is 13.5. The van der Waals surface area contributed by atoms with E-state index in [9.17, 15) is 19.7 Å². The summed E-state index contributed by atoms with van der Waals surface area (Å²) in [6.07, 6.45) is 0. The quantitative estimate of drug-likeness (QED) is 0.682. The second-order valence-electron chi connectivity index (χ2n) is 3.98. The summed E-state index contributed by atoms with van der Waals surface area (Å²) in [5.74, 6) is -0.740. The molecular formula is C13H10N2O5. The molecule has 7 nitrogen and oxygen atoms in total. The standard InChI is InChI=1S/C13H10N2O5/c1-8(16)14-13(17)12-7-6-11(20-12)9-2-4-10(5-3-9)15(18)19/h2-7H,1H3,(H,14,16,17). The van der Waals surface area contributed by atoms with Crippen molar-refractivity contribution in [2.75, 3.05) is 0 Å². The summed E-state index contributed by atoms with van der Waals surface area (Å²) >= 11 is 0. The van der Waals surface area contributed by atoms with Gasteiger partial charge in [0, 0.05) is 24.6 Å². The molecule has 102 valence electrons. The Kier molecular flexibility index (Phi) is 3.60. The average Bonchev–Trinajstić information content (AvgIpc) is 2.87. The predicted molar refractivity (Wildman–Crippen MR) is 68.9 cm³/mol. The van der Waals surface area contributed by atoms with Gasteiger partial charge in [-0.2, -0.15) is 0 Å². The normalized spacial score (nSPS) is 10.1. The van der Waals surface area contributed by atoms with Crippen molar-refractivity contribution < 1.29 is 18.9 Å². The Bertz CT molecular complexity index is 672. The van der Waals surface area contributed by atoms with Crippen LogP contribution in [0.3, 0.4) is 0 Å². The van der Waals surface area contributed by atoms with Crippen LogP contribution in [-0.2, 0) is 4.79 Å². The highest BCUT2D eigenvalue weighted by Crippen LogP contribution is 2.24. The number of rotatable bonds is 3. The van der Waals surface area contributed by atoms with Crippen LogP contribution < -0.4 is 5.32 Å². The predicted octanol–water partition coefficient (Wildman–Crippen LogP) is 2.13. The summed E-state index contributed by atoms with van der Waals surface area (Å²) < 4.78 is 5.30. The minimum atomic E-state index is -0.634. The van der Waals surface area contributed by atoms with E-state index in [1.54, 1.807) is 6.07 Å². The number of carbonyl (C=O) groups excluding carboxylic acids is 2. The summed E-state index contributed by atoms with van der Waals surface area (Å²) in [6.45, 7) is 1.22. The third-order valence-electron chi connectivity index (χ3n) is 2.48. The highest BCUT2D eigenvalue weighted by molar-refractivity contribution is 6.02. The molecule has 0 unspecified atom stereocenters. The molecule has 0 saturated carbocycles. The first-order valence-electron chi connectivity index (χ1n) is 5.64. The number of hydrogen-bond donors (Lipinski definition) is 1. The van der Waals surface area contributed by atoms with Gasteiger partial charge in [-0.05, 0) is 24.3 Å². The zero-order valence-corrected chi connectivity index (χ0v) is 10.5. The lowest BCUT2D eigenvalue weighted by Gasteiger charge is -1.98. The van der Waals surface area contributed by atoms with Gasteiger partial charge in [0.05, 0.1) is 4.92 Å². The number of nitro groups is 1. The minimum absolute atomic E-state index is 0.00597. The third-order valence-corrected chi connectivity index (χ3v) is 2.48. The number of nitrogens with zero attached hydrogens (tertiary/aromatic N) is 1. The van der Waals surface area contributed by atoms with Crippen LogP contribution in [0.4, 0.5) is 5.69 Å². The van der Waals surface area contributed by atoms with E-state index in [1.165, 1.54) is 37.3 Å². The second kappa shape index (κ2) is 5.35. The molecule has 0 atom stereocenters. The lowest BCUT2D eigenvalue weighted by atomic mass is 10.1. The summed E-state index contributed by atoms with van der Waals surface area (Å²) in [7, 11) is 0. The van der Waals surface area contributed by atoms with Crippen LogP contribution in [-0.4, -0.2) is 16.7 Å². The van der Waals surface area contributed by atoms with Gasteiger partial charge in [-0.15, -0.1) is 0 Å². The van der Waals surface area contributed by atoms with Crippen molar-refractivity contribution in [1.29, 1.82) is 0 Å². The molecule has 0 radical (unpaired) electrons. The number of hydrogen-bond acceptors (Lipinski definition) is 5. The molecule has 1 N–H and O–H groups in total. The van der Waals surface area contributed by atoms with Gasteiger partial charge < -0.3 is 4.42 Å². The van der Waals surface area contributed by atoms with Gasteiger partial charge in [-0.3, -0.25) is 25.0 Å². The zero-order valence-electron chi connectivity index (χ0n) is 10.5. The van der Waals surface area contributed by atoms with Crippen molar-refractivity contribution in [3.05, 3.63) is 52.3 Å². The lowest BCUT2D eigenvalue weighted by Crippen LogP contribution is -2.27. The molecule has 0 aliphatic rings. The highest BCUT2D eigenvalue weighted by Gasteiger charge is 2.14. The van der Waals surface area contributed by atoms with Crippen molar-refractivity contribution in [2.45, 2.75) is 6.92 Å². The van der Waals surface area contributed by atoms with Crippen LogP contribution in [0.5, 0.6) is 0 Å². The number of imide groups is 1. The molecule has 20 heavy (non-hydrogen) atoms. The zero-order chi connectivity index (χ0) is 14.7. The molecule has 2 amide bonds. The third kappa shape index (κ3) is 2.89. The monoisotopic (exact) mass is 274 g/mol. The van der Waals surface area contributed by atoms with Crippen molar-refractivity contribution in [3.8, 4) is 11.3 Å². The Morgan fingerprint density at radius 3 is 2.35 bits per heavy atom. The smallest absolute Gasteiger partial charge is 0.293 e. The lowest BCUT2D eigenvalue weighted by molar-refractivity contribution is -0.384.